The van der Waals surface area contributed by atoms with Gasteiger partial charge in [-0.05, 0) is 47.5 Å². The smallest absolute Gasteiger partial charge is 0.326 e. The number of hydrogen-bond donors (Lipinski definition) is 1. The van der Waals surface area contributed by atoms with Gasteiger partial charge in [-0.1, -0.05) is 44.5 Å². The minimum absolute atomic E-state index is 0.0435. The number of carbonyl (C=O) groups excluding carboxylic acids is 3. The monoisotopic (exact) mass is 677 g/mol. The fourth-order valence-electron chi connectivity index (χ4n) is 4.70. The maximum Gasteiger partial charge on any atom is 0.419 e. The van der Waals surface area contributed by atoms with Crippen LogP contribution in [-0.4, -0.2) is 21.8 Å². The Morgan fingerprint density at radius 2 is 1.52 bits per heavy atom. The van der Waals surface area contributed by atoms with Gasteiger partial charge in [0.2, 0.25) is 5.91 Å². The summed E-state index contributed by atoms with van der Waals surface area (Å²) >= 11 is 18.7. The molecule has 1 aliphatic rings. The van der Waals surface area contributed by atoms with Gasteiger partial charge in [0.25, 0.3) is 0 Å². The van der Waals surface area contributed by atoms with E-state index < -0.39 is 86.7 Å². The van der Waals surface area contributed by atoms with Crippen molar-refractivity contribution >= 4 is 58.0 Å². The topological polar surface area (TPSA) is 63.2 Å². The SMILES string of the molecule is CC(C)(C)C(=O)Cc1c(F)ccc(CC(=O)c2cc(NC(=O)[C@H]3[C@H](c4ccc(F)c(C(F)(F)F)c4)C3(Cl)Cl)ccc2Cl)c1F. The second-order valence-electron chi connectivity index (χ2n) is 11.5. The molecule has 4 nitrogen and oxygen atoms in total. The van der Waals surface area contributed by atoms with Crippen LogP contribution in [0.2, 0.25) is 5.02 Å². The highest BCUT2D eigenvalue weighted by atomic mass is 35.5. The molecular weight excluding hydrogens is 655 g/mol. The molecule has 1 aliphatic carbocycles. The molecule has 1 fully saturated rings. The number of hydrogen-bond acceptors (Lipinski definition) is 3. The molecule has 0 aromatic heterocycles. The molecule has 4 rings (SSSR count). The van der Waals surface area contributed by atoms with E-state index in [1.807, 2.05) is 0 Å². The summed E-state index contributed by atoms with van der Waals surface area (Å²) in [5.74, 6) is -7.67. The van der Waals surface area contributed by atoms with E-state index in [9.17, 15) is 36.3 Å². The van der Waals surface area contributed by atoms with Gasteiger partial charge in [-0.25, -0.2) is 13.2 Å². The number of nitrogens with one attached hydrogen (secondary N) is 1. The molecule has 2 atom stereocenters. The van der Waals surface area contributed by atoms with Crippen molar-refractivity contribution in [2.24, 2.45) is 11.3 Å². The number of ketones is 2. The summed E-state index contributed by atoms with van der Waals surface area (Å²) < 4.78 is 81.2. The van der Waals surface area contributed by atoms with E-state index in [-0.39, 0.29) is 27.4 Å². The summed E-state index contributed by atoms with van der Waals surface area (Å²) in [6.07, 6.45) is -6.04. The van der Waals surface area contributed by atoms with Gasteiger partial charge in [-0.15, -0.1) is 23.2 Å². The zero-order chi connectivity index (χ0) is 32.9. The first-order chi connectivity index (χ1) is 20.2. The standard InChI is InChI=1S/C31H24Cl3F6NO3/c1-29(2,3)24(43)13-18-21(35)8-5-15(27(18)37)11-23(42)17-12-16(6-7-20(17)32)41-28(44)26-25(30(26,33)34)14-4-9-22(36)19(10-14)31(38,39)40/h4-10,12,25-26H,11,13H2,1-3H3,(H,41,44)/t25-,26+/m0/s1. The van der Waals surface area contributed by atoms with Crippen LogP contribution in [0.1, 0.15) is 59.3 Å². The molecule has 13 heteroatoms. The summed E-state index contributed by atoms with van der Waals surface area (Å²) in [6, 6.07) is 8.09. The van der Waals surface area contributed by atoms with Gasteiger partial charge in [0.15, 0.2) is 5.78 Å². The molecule has 44 heavy (non-hydrogen) atoms. The van der Waals surface area contributed by atoms with Crippen molar-refractivity contribution in [1.29, 1.82) is 0 Å². The molecule has 0 saturated heterocycles. The highest BCUT2D eigenvalue weighted by Gasteiger charge is 2.67. The summed E-state index contributed by atoms with van der Waals surface area (Å²) in [6.45, 7) is 4.84. The van der Waals surface area contributed by atoms with Crippen LogP contribution in [0.15, 0.2) is 48.5 Å². The van der Waals surface area contributed by atoms with Gasteiger partial charge in [0.1, 0.15) is 27.6 Å². The molecule has 3 aromatic carbocycles. The fourth-order valence-corrected chi connectivity index (χ4v) is 5.75. The first-order valence-electron chi connectivity index (χ1n) is 13.1. The quantitative estimate of drug-likeness (QED) is 0.147. The summed E-state index contributed by atoms with van der Waals surface area (Å²) in [5, 5.41) is 2.45. The Labute approximate surface area is 263 Å². The first-order valence-corrected chi connectivity index (χ1v) is 14.2. The number of amides is 1. The van der Waals surface area contributed by atoms with Gasteiger partial charge in [0.05, 0.1) is 16.5 Å². The van der Waals surface area contributed by atoms with Crippen molar-refractivity contribution in [1.82, 2.24) is 0 Å². The van der Waals surface area contributed by atoms with E-state index >= 15 is 4.39 Å². The lowest BCUT2D eigenvalue weighted by Gasteiger charge is -2.17. The van der Waals surface area contributed by atoms with Crippen molar-refractivity contribution in [3.8, 4) is 0 Å². The third-order valence-corrected chi connectivity index (χ3v) is 8.59. The first kappa shape index (κ1) is 33.8. The molecule has 1 N–H and O–H groups in total. The molecule has 0 aliphatic heterocycles. The normalized spacial score (nSPS) is 17.7. The second-order valence-corrected chi connectivity index (χ2v) is 13.4. The summed E-state index contributed by atoms with van der Waals surface area (Å²) in [5.41, 5.74) is -3.19. The molecule has 0 spiro atoms. The number of anilines is 1. The zero-order valence-corrected chi connectivity index (χ0v) is 25.6. The van der Waals surface area contributed by atoms with E-state index in [1.54, 1.807) is 20.8 Å². The van der Waals surface area contributed by atoms with Crippen LogP contribution in [0, 0.1) is 28.8 Å². The van der Waals surface area contributed by atoms with Crippen molar-refractivity contribution in [2.45, 2.75) is 50.0 Å². The number of alkyl halides is 5. The molecule has 0 bridgehead atoms. The number of rotatable bonds is 8. The Morgan fingerprint density at radius 1 is 0.886 bits per heavy atom. The third kappa shape index (κ3) is 6.92. The number of carbonyl (C=O) groups is 3. The maximum absolute atomic E-state index is 15.2. The lowest BCUT2D eigenvalue weighted by Crippen LogP contribution is -2.23. The van der Waals surface area contributed by atoms with Crippen LogP contribution in [-0.2, 0) is 28.6 Å². The molecular formula is C31H24Cl3F6NO3. The lowest BCUT2D eigenvalue weighted by molar-refractivity contribution is -0.140. The Hall–Kier alpha value is -3.08. The van der Waals surface area contributed by atoms with Crippen molar-refractivity contribution in [3.63, 3.8) is 0 Å². The predicted octanol–water partition coefficient (Wildman–Crippen LogP) is 8.89. The number of halogens is 9. The zero-order valence-electron chi connectivity index (χ0n) is 23.3. The van der Waals surface area contributed by atoms with E-state index in [4.69, 9.17) is 34.8 Å². The minimum atomic E-state index is -4.98. The Bertz CT molecular complexity index is 1670. The highest BCUT2D eigenvalue weighted by Crippen LogP contribution is 2.65. The Morgan fingerprint density at radius 3 is 2.14 bits per heavy atom. The predicted molar refractivity (Wildman–Crippen MR) is 155 cm³/mol. The molecule has 0 unspecified atom stereocenters. The van der Waals surface area contributed by atoms with E-state index in [2.05, 4.69) is 5.32 Å². The molecule has 1 amide bonds. The molecule has 0 radical (unpaired) electrons. The number of Topliss-reactive ketones (excluding diaryl/α,β-unsaturated/α-hetero) is 2. The van der Waals surface area contributed by atoms with E-state index in [0.29, 0.717) is 12.1 Å². The largest absolute Gasteiger partial charge is 0.419 e. The van der Waals surface area contributed by atoms with Gasteiger partial charge in [-0.2, -0.15) is 13.2 Å². The summed E-state index contributed by atoms with van der Waals surface area (Å²) in [7, 11) is 0. The van der Waals surface area contributed by atoms with Gasteiger partial charge >= 0.3 is 6.18 Å². The third-order valence-electron chi connectivity index (χ3n) is 7.32. The van der Waals surface area contributed by atoms with Gasteiger partial charge in [-0.3, -0.25) is 14.4 Å². The molecule has 0 heterocycles. The van der Waals surface area contributed by atoms with Crippen LogP contribution in [0.5, 0.6) is 0 Å². The molecule has 234 valence electrons. The van der Waals surface area contributed by atoms with Crippen LogP contribution in [0.3, 0.4) is 0 Å². The van der Waals surface area contributed by atoms with Gasteiger partial charge in [0, 0.05) is 41.0 Å². The van der Waals surface area contributed by atoms with Crippen molar-refractivity contribution in [2.75, 3.05) is 5.32 Å². The maximum atomic E-state index is 15.2. The average Bonchev–Trinajstić information content (AvgIpc) is 3.49. The van der Waals surface area contributed by atoms with Crippen molar-refractivity contribution < 1.29 is 40.7 Å². The van der Waals surface area contributed by atoms with Crippen LogP contribution in [0.25, 0.3) is 0 Å². The molecule has 3 aromatic rings. The summed E-state index contributed by atoms with van der Waals surface area (Å²) in [4.78, 5) is 38.6. The Balaban J connectivity index is 1.53. The van der Waals surface area contributed by atoms with Gasteiger partial charge < -0.3 is 5.32 Å². The van der Waals surface area contributed by atoms with Crippen LogP contribution < -0.4 is 5.32 Å². The molecule has 1 saturated carbocycles. The fraction of sp³-hybridized carbons (Fsp3) is 0.323. The second kappa shape index (κ2) is 12.0. The van der Waals surface area contributed by atoms with Crippen LogP contribution >= 0.6 is 34.8 Å². The Kier molecular flexibility index (Phi) is 9.24. The minimum Gasteiger partial charge on any atom is -0.326 e. The van der Waals surface area contributed by atoms with Crippen LogP contribution in [0.4, 0.5) is 32.0 Å². The lowest BCUT2D eigenvalue weighted by atomic mass is 9.86. The number of benzene rings is 3. The van der Waals surface area contributed by atoms with E-state index in [0.717, 1.165) is 18.2 Å². The van der Waals surface area contributed by atoms with E-state index in [1.165, 1.54) is 18.2 Å². The average molecular weight is 679 g/mol. The van der Waals surface area contributed by atoms with Crippen molar-refractivity contribution in [3.05, 3.63) is 98.8 Å². The highest BCUT2D eigenvalue weighted by molar-refractivity contribution is 6.53.